The van der Waals surface area contributed by atoms with E-state index in [0.29, 0.717) is 0 Å². The van der Waals surface area contributed by atoms with Crippen LogP contribution in [-0.2, 0) is 11.2 Å². The standard InChI is InChI=1S/C19H30FNO/c1-14(2)7-5-6-8-17-9-10-18(11-19(17)20)21-12-15(3)22-16(4)13-21/h9-11,14-16H,5-8,12-13H2,1-4H3/t15-,16+. The SMILES string of the molecule is CC(C)CCCCc1ccc(N2C[C@@H](C)O[C@@H](C)C2)cc1F. The van der Waals surface area contributed by atoms with Crippen molar-refractivity contribution in [3.8, 4) is 0 Å². The lowest BCUT2D eigenvalue weighted by Gasteiger charge is -2.37. The van der Waals surface area contributed by atoms with Gasteiger partial charge in [-0.05, 0) is 50.3 Å². The first kappa shape index (κ1) is 17.3. The molecule has 1 aromatic carbocycles. The summed E-state index contributed by atoms with van der Waals surface area (Å²) in [5.74, 6) is 0.673. The van der Waals surface area contributed by atoms with Gasteiger partial charge in [-0.1, -0.05) is 32.8 Å². The van der Waals surface area contributed by atoms with E-state index in [1.165, 1.54) is 12.8 Å². The van der Waals surface area contributed by atoms with E-state index in [1.807, 2.05) is 6.07 Å². The predicted octanol–water partition coefficient (Wildman–Crippen LogP) is 4.81. The van der Waals surface area contributed by atoms with Crippen LogP contribution in [0.5, 0.6) is 0 Å². The average Bonchev–Trinajstić information content (AvgIpc) is 2.43. The van der Waals surface area contributed by atoms with Crippen LogP contribution in [0.15, 0.2) is 18.2 Å². The largest absolute Gasteiger partial charge is 0.372 e. The van der Waals surface area contributed by atoms with Crippen LogP contribution in [0.2, 0.25) is 0 Å². The molecule has 0 amide bonds. The molecule has 3 heteroatoms. The van der Waals surface area contributed by atoms with Crippen molar-refractivity contribution in [3.05, 3.63) is 29.6 Å². The quantitative estimate of drug-likeness (QED) is 0.699. The third kappa shape index (κ3) is 4.98. The molecule has 0 N–H and O–H groups in total. The van der Waals surface area contributed by atoms with E-state index >= 15 is 0 Å². The van der Waals surface area contributed by atoms with Crippen molar-refractivity contribution in [2.45, 2.75) is 65.6 Å². The minimum absolute atomic E-state index is 0.0613. The molecule has 124 valence electrons. The first-order valence-corrected chi connectivity index (χ1v) is 8.64. The van der Waals surface area contributed by atoms with Crippen molar-refractivity contribution in [2.24, 2.45) is 5.92 Å². The normalized spacial score (nSPS) is 22.4. The second-order valence-electron chi connectivity index (χ2n) is 7.08. The minimum atomic E-state index is -0.0613. The van der Waals surface area contributed by atoms with Crippen molar-refractivity contribution in [3.63, 3.8) is 0 Å². The zero-order valence-electron chi connectivity index (χ0n) is 14.4. The smallest absolute Gasteiger partial charge is 0.128 e. The molecule has 0 radical (unpaired) electrons. The van der Waals surface area contributed by atoms with E-state index in [2.05, 4.69) is 38.7 Å². The summed E-state index contributed by atoms with van der Waals surface area (Å²) >= 11 is 0. The van der Waals surface area contributed by atoms with Crippen LogP contribution in [0, 0.1) is 11.7 Å². The molecular weight excluding hydrogens is 277 g/mol. The van der Waals surface area contributed by atoms with E-state index in [0.717, 1.165) is 43.1 Å². The van der Waals surface area contributed by atoms with Crippen LogP contribution < -0.4 is 4.90 Å². The average molecular weight is 307 g/mol. The number of benzene rings is 1. The Morgan fingerprint density at radius 3 is 2.45 bits per heavy atom. The summed E-state index contributed by atoms with van der Waals surface area (Å²) in [7, 11) is 0. The topological polar surface area (TPSA) is 12.5 Å². The highest BCUT2D eigenvalue weighted by atomic mass is 19.1. The fraction of sp³-hybridized carbons (Fsp3) is 0.684. The molecule has 0 unspecified atom stereocenters. The van der Waals surface area contributed by atoms with E-state index in [1.54, 1.807) is 6.07 Å². The van der Waals surface area contributed by atoms with Gasteiger partial charge in [0.2, 0.25) is 0 Å². The van der Waals surface area contributed by atoms with Crippen LogP contribution in [0.25, 0.3) is 0 Å². The van der Waals surface area contributed by atoms with Crippen LogP contribution in [0.3, 0.4) is 0 Å². The molecule has 2 nitrogen and oxygen atoms in total. The molecule has 0 bridgehead atoms. The maximum absolute atomic E-state index is 14.3. The van der Waals surface area contributed by atoms with Gasteiger partial charge in [0.25, 0.3) is 0 Å². The fourth-order valence-corrected chi connectivity index (χ4v) is 3.19. The molecule has 1 aliphatic rings. The van der Waals surface area contributed by atoms with Gasteiger partial charge in [-0.25, -0.2) is 4.39 Å². The monoisotopic (exact) mass is 307 g/mol. The summed E-state index contributed by atoms with van der Waals surface area (Å²) in [6, 6.07) is 5.72. The summed E-state index contributed by atoms with van der Waals surface area (Å²) in [6.07, 6.45) is 4.71. The number of hydrogen-bond acceptors (Lipinski definition) is 2. The maximum Gasteiger partial charge on any atom is 0.128 e. The maximum atomic E-state index is 14.3. The van der Waals surface area contributed by atoms with Crippen LogP contribution in [-0.4, -0.2) is 25.3 Å². The Hall–Kier alpha value is -1.09. The van der Waals surface area contributed by atoms with Gasteiger partial charge in [-0.3, -0.25) is 0 Å². The molecule has 1 aromatic rings. The lowest BCUT2D eigenvalue weighted by molar-refractivity contribution is -0.00523. The molecule has 1 aliphatic heterocycles. The number of anilines is 1. The Kier molecular flexibility index (Phi) is 6.25. The van der Waals surface area contributed by atoms with E-state index < -0.39 is 0 Å². The molecule has 1 saturated heterocycles. The van der Waals surface area contributed by atoms with Gasteiger partial charge in [0.15, 0.2) is 0 Å². The Bertz CT molecular complexity index is 465. The Labute approximate surface area is 134 Å². The second kappa shape index (κ2) is 7.96. The zero-order valence-corrected chi connectivity index (χ0v) is 14.4. The van der Waals surface area contributed by atoms with Gasteiger partial charge >= 0.3 is 0 Å². The molecule has 2 rings (SSSR count). The van der Waals surface area contributed by atoms with Crippen LogP contribution in [0.4, 0.5) is 10.1 Å². The van der Waals surface area contributed by atoms with E-state index in [4.69, 9.17) is 4.74 Å². The summed E-state index contributed by atoms with van der Waals surface area (Å²) in [5, 5.41) is 0. The van der Waals surface area contributed by atoms with E-state index in [-0.39, 0.29) is 18.0 Å². The van der Waals surface area contributed by atoms with Gasteiger partial charge in [-0.2, -0.15) is 0 Å². The highest BCUT2D eigenvalue weighted by Crippen LogP contribution is 2.24. The number of ether oxygens (including phenoxy) is 1. The van der Waals surface area contributed by atoms with E-state index in [9.17, 15) is 4.39 Å². The number of halogens is 1. The molecule has 0 spiro atoms. The number of nitrogens with zero attached hydrogens (tertiary/aromatic N) is 1. The number of aryl methyl sites for hydroxylation is 1. The minimum Gasteiger partial charge on any atom is -0.372 e. The molecule has 1 heterocycles. The second-order valence-corrected chi connectivity index (χ2v) is 7.08. The van der Waals surface area contributed by atoms with Gasteiger partial charge in [0.1, 0.15) is 5.82 Å². The van der Waals surface area contributed by atoms with Crippen molar-refractivity contribution in [2.75, 3.05) is 18.0 Å². The van der Waals surface area contributed by atoms with Crippen LogP contribution in [0.1, 0.15) is 52.5 Å². The number of hydrogen-bond donors (Lipinski definition) is 0. The predicted molar refractivity (Wildman–Crippen MR) is 91.0 cm³/mol. The molecule has 0 aromatic heterocycles. The molecule has 1 fully saturated rings. The highest BCUT2D eigenvalue weighted by Gasteiger charge is 2.22. The van der Waals surface area contributed by atoms with Crippen LogP contribution >= 0.6 is 0 Å². The summed E-state index contributed by atoms with van der Waals surface area (Å²) in [4.78, 5) is 2.23. The van der Waals surface area contributed by atoms with Crippen molar-refractivity contribution in [1.29, 1.82) is 0 Å². The molecule has 0 saturated carbocycles. The molecule has 2 atom stereocenters. The number of rotatable bonds is 6. The third-order valence-corrected chi connectivity index (χ3v) is 4.30. The van der Waals surface area contributed by atoms with Gasteiger partial charge in [-0.15, -0.1) is 0 Å². The number of unbranched alkanes of at least 4 members (excludes halogenated alkanes) is 1. The Balaban J connectivity index is 1.94. The summed E-state index contributed by atoms with van der Waals surface area (Å²) in [5.41, 5.74) is 1.83. The molecular formula is C19H30FNO. The summed E-state index contributed by atoms with van der Waals surface area (Å²) in [6.45, 7) is 10.3. The fourth-order valence-electron chi connectivity index (χ4n) is 3.19. The van der Waals surface area contributed by atoms with Crippen molar-refractivity contribution < 1.29 is 9.13 Å². The van der Waals surface area contributed by atoms with Gasteiger partial charge in [0, 0.05) is 18.8 Å². The van der Waals surface area contributed by atoms with Crippen molar-refractivity contribution in [1.82, 2.24) is 0 Å². The lowest BCUT2D eigenvalue weighted by atomic mass is 10.0. The summed E-state index contributed by atoms with van der Waals surface area (Å²) < 4.78 is 20.1. The first-order valence-electron chi connectivity index (χ1n) is 8.64. The molecule has 0 aliphatic carbocycles. The van der Waals surface area contributed by atoms with Crippen molar-refractivity contribution >= 4 is 5.69 Å². The third-order valence-electron chi connectivity index (χ3n) is 4.30. The Morgan fingerprint density at radius 2 is 1.86 bits per heavy atom. The Morgan fingerprint density at radius 1 is 1.18 bits per heavy atom. The zero-order chi connectivity index (χ0) is 16.1. The number of morpholine rings is 1. The van der Waals surface area contributed by atoms with Gasteiger partial charge in [0.05, 0.1) is 12.2 Å². The first-order chi connectivity index (χ1) is 10.5. The lowest BCUT2D eigenvalue weighted by Crippen LogP contribution is -2.45. The molecule has 22 heavy (non-hydrogen) atoms. The van der Waals surface area contributed by atoms with Gasteiger partial charge < -0.3 is 9.64 Å². The highest BCUT2D eigenvalue weighted by molar-refractivity contribution is 5.49.